The van der Waals surface area contributed by atoms with Gasteiger partial charge in [0.1, 0.15) is 5.69 Å². The highest BCUT2D eigenvalue weighted by Gasteiger charge is 2.30. The molecule has 1 aromatic rings. The number of anilines is 1. The molecule has 0 atom stereocenters. The number of hydrazine groups is 1. The summed E-state index contributed by atoms with van der Waals surface area (Å²) in [5, 5.41) is 11.0. The molecule has 8 nitrogen and oxygen atoms in total. The number of likely N-dealkylation sites (tertiary alicyclic amines) is 1. The highest BCUT2D eigenvalue weighted by atomic mass is 16.6. The predicted octanol–water partition coefficient (Wildman–Crippen LogP) is 1.17. The van der Waals surface area contributed by atoms with E-state index in [-0.39, 0.29) is 35.7 Å². The van der Waals surface area contributed by atoms with Gasteiger partial charge in [0.05, 0.1) is 11.5 Å². The number of nitro groups is 1. The van der Waals surface area contributed by atoms with Crippen LogP contribution in [-0.2, 0) is 16.1 Å². The fourth-order valence-electron chi connectivity index (χ4n) is 2.34. The second-order valence-electron chi connectivity index (χ2n) is 5.14. The summed E-state index contributed by atoms with van der Waals surface area (Å²) in [6.45, 7) is 1.88. The van der Waals surface area contributed by atoms with Crippen molar-refractivity contribution in [3.05, 3.63) is 33.9 Å². The van der Waals surface area contributed by atoms with Gasteiger partial charge >= 0.3 is 0 Å². The molecular weight excluding hydrogens is 276 g/mol. The Balaban J connectivity index is 2.23. The molecule has 0 radical (unpaired) electrons. The second-order valence-corrected chi connectivity index (χ2v) is 5.14. The monoisotopic (exact) mass is 292 g/mol. The van der Waals surface area contributed by atoms with Crippen LogP contribution in [0.15, 0.2) is 18.2 Å². The molecular formula is C13H16N4O4. The maximum absolute atomic E-state index is 11.9. The van der Waals surface area contributed by atoms with E-state index in [1.807, 2.05) is 6.92 Å². The summed E-state index contributed by atoms with van der Waals surface area (Å²) >= 11 is 0. The molecule has 8 heteroatoms. The summed E-state index contributed by atoms with van der Waals surface area (Å²) in [6.07, 6.45) is 0.631. The quantitative estimate of drug-likeness (QED) is 0.372. The van der Waals surface area contributed by atoms with Gasteiger partial charge in [-0.1, -0.05) is 13.0 Å². The Labute approximate surface area is 121 Å². The Bertz CT molecular complexity index is 584. The number of nitrogens with zero attached hydrogens (tertiary/aromatic N) is 2. The minimum absolute atomic E-state index is 0.0378. The molecule has 21 heavy (non-hydrogen) atoms. The van der Waals surface area contributed by atoms with Crippen LogP contribution in [0.1, 0.15) is 25.3 Å². The molecule has 1 saturated heterocycles. The van der Waals surface area contributed by atoms with E-state index < -0.39 is 4.92 Å². The number of carbonyl (C=O) groups excluding carboxylic acids is 2. The topological polar surface area (TPSA) is 119 Å². The SMILES string of the molecule is CC1CC(=O)N(Cc2ccc(NN)c([N+](=O)[O-])c2)C(=O)C1. The van der Waals surface area contributed by atoms with Gasteiger partial charge in [-0.15, -0.1) is 0 Å². The predicted molar refractivity (Wildman–Crippen MR) is 74.9 cm³/mol. The Hall–Kier alpha value is -2.48. The molecule has 112 valence electrons. The highest BCUT2D eigenvalue weighted by molar-refractivity contribution is 5.97. The van der Waals surface area contributed by atoms with Crippen LogP contribution in [0.3, 0.4) is 0 Å². The standard InChI is InChI=1S/C13H16N4O4/c1-8-4-12(18)16(13(19)5-8)7-9-2-3-10(15-14)11(6-9)17(20)21/h2-3,6,8,15H,4-5,7,14H2,1H3. The third kappa shape index (κ3) is 3.16. The molecule has 1 aromatic carbocycles. The van der Waals surface area contributed by atoms with E-state index in [2.05, 4.69) is 5.43 Å². The van der Waals surface area contributed by atoms with Gasteiger partial charge < -0.3 is 5.43 Å². The Morgan fingerprint density at radius 3 is 2.52 bits per heavy atom. The van der Waals surface area contributed by atoms with Gasteiger partial charge in [-0.2, -0.15) is 0 Å². The van der Waals surface area contributed by atoms with Gasteiger partial charge in [-0.05, 0) is 17.5 Å². The molecule has 0 bridgehead atoms. The average molecular weight is 292 g/mol. The average Bonchev–Trinajstić information content (AvgIpc) is 2.42. The van der Waals surface area contributed by atoms with E-state index in [0.29, 0.717) is 18.4 Å². The van der Waals surface area contributed by atoms with Gasteiger partial charge in [0.15, 0.2) is 0 Å². The van der Waals surface area contributed by atoms with Crippen LogP contribution in [0.5, 0.6) is 0 Å². The van der Waals surface area contributed by atoms with Crippen molar-refractivity contribution in [1.82, 2.24) is 4.90 Å². The van der Waals surface area contributed by atoms with Crippen molar-refractivity contribution in [2.75, 3.05) is 5.43 Å². The summed E-state index contributed by atoms with van der Waals surface area (Å²) in [5.74, 6) is 4.75. The van der Waals surface area contributed by atoms with Crippen LogP contribution in [-0.4, -0.2) is 21.6 Å². The fourth-order valence-corrected chi connectivity index (χ4v) is 2.34. The van der Waals surface area contributed by atoms with Crippen LogP contribution < -0.4 is 11.3 Å². The number of amides is 2. The lowest BCUT2D eigenvalue weighted by molar-refractivity contribution is -0.384. The number of rotatable bonds is 4. The van der Waals surface area contributed by atoms with E-state index >= 15 is 0 Å². The molecule has 2 amide bonds. The molecule has 1 aliphatic rings. The zero-order chi connectivity index (χ0) is 15.6. The minimum atomic E-state index is -0.569. The number of piperidine rings is 1. The van der Waals surface area contributed by atoms with Gasteiger partial charge in [-0.3, -0.25) is 30.4 Å². The summed E-state index contributed by atoms with van der Waals surface area (Å²) in [4.78, 5) is 35.3. The number of carbonyl (C=O) groups is 2. The second kappa shape index (κ2) is 5.88. The van der Waals surface area contributed by atoms with Gasteiger partial charge in [0.2, 0.25) is 11.8 Å². The Kier molecular flexibility index (Phi) is 4.18. The fraction of sp³-hybridized carbons (Fsp3) is 0.385. The lowest BCUT2D eigenvalue weighted by atomic mass is 9.97. The summed E-state index contributed by atoms with van der Waals surface area (Å²) < 4.78 is 0. The van der Waals surface area contributed by atoms with Crippen molar-refractivity contribution in [3.63, 3.8) is 0 Å². The Morgan fingerprint density at radius 1 is 1.38 bits per heavy atom. The van der Waals surface area contributed by atoms with E-state index in [0.717, 1.165) is 4.90 Å². The van der Waals surface area contributed by atoms with Crippen molar-refractivity contribution >= 4 is 23.2 Å². The van der Waals surface area contributed by atoms with Crippen molar-refractivity contribution in [2.45, 2.75) is 26.3 Å². The summed E-state index contributed by atoms with van der Waals surface area (Å²) in [6, 6.07) is 4.36. The summed E-state index contributed by atoms with van der Waals surface area (Å²) in [5.41, 5.74) is 2.73. The molecule has 0 aliphatic carbocycles. The maximum Gasteiger partial charge on any atom is 0.293 e. The number of nitrogens with one attached hydrogen (secondary N) is 1. The number of nitro benzene ring substituents is 1. The van der Waals surface area contributed by atoms with Crippen LogP contribution in [0.2, 0.25) is 0 Å². The number of nitrogen functional groups attached to an aromatic ring is 1. The maximum atomic E-state index is 11.9. The number of benzene rings is 1. The first kappa shape index (κ1) is 14.9. The first-order valence-electron chi connectivity index (χ1n) is 6.49. The zero-order valence-electron chi connectivity index (χ0n) is 11.5. The lowest BCUT2D eigenvalue weighted by Crippen LogP contribution is -2.42. The molecule has 1 heterocycles. The smallest absolute Gasteiger partial charge is 0.293 e. The van der Waals surface area contributed by atoms with E-state index in [1.165, 1.54) is 12.1 Å². The van der Waals surface area contributed by atoms with Crippen molar-refractivity contribution in [2.24, 2.45) is 11.8 Å². The minimum Gasteiger partial charge on any atom is -0.318 e. The number of nitrogens with two attached hydrogens (primary N) is 1. The van der Waals surface area contributed by atoms with Crippen molar-refractivity contribution < 1.29 is 14.5 Å². The first-order valence-corrected chi connectivity index (χ1v) is 6.49. The third-order valence-electron chi connectivity index (χ3n) is 3.40. The normalized spacial score (nSPS) is 16.2. The van der Waals surface area contributed by atoms with Crippen LogP contribution in [0.25, 0.3) is 0 Å². The van der Waals surface area contributed by atoms with E-state index in [4.69, 9.17) is 5.84 Å². The third-order valence-corrected chi connectivity index (χ3v) is 3.40. The van der Waals surface area contributed by atoms with Crippen molar-refractivity contribution in [1.29, 1.82) is 0 Å². The molecule has 0 unspecified atom stereocenters. The van der Waals surface area contributed by atoms with E-state index in [1.54, 1.807) is 6.07 Å². The zero-order valence-corrected chi connectivity index (χ0v) is 11.5. The van der Waals surface area contributed by atoms with Gasteiger partial charge in [0.25, 0.3) is 5.69 Å². The van der Waals surface area contributed by atoms with Gasteiger partial charge in [-0.25, -0.2) is 0 Å². The van der Waals surface area contributed by atoms with Crippen LogP contribution in [0.4, 0.5) is 11.4 Å². The van der Waals surface area contributed by atoms with E-state index in [9.17, 15) is 19.7 Å². The number of hydrogen-bond acceptors (Lipinski definition) is 6. The number of imide groups is 1. The lowest BCUT2D eigenvalue weighted by Gasteiger charge is -2.28. The Morgan fingerprint density at radius 2 is 2.00 bits per heavy atom. The highest BCUT2D eigenvalue weighted by Crippen LogP contribution is 2.27. The van der Waals surface area contributed by atoms with Crippen LogP contribution in [0, 0.1) is 16.0 Å². The molecule has 0 spiro atoms. The molecule has 2 rings (SSSR count). The molecule has 1 fully saturated rings. The molecule has 0 aromatic heterocycles. The van der Waals surface area contributed by atoms with Crippen LogP contribution >= 0.6 is 0 Å². The largest absolute Gasteiger partial charge is 0.318 e. The number of hydrogen-bond donors (Lipinski definition) is 2. The van der Waals surface area contributed by atoms with Gasteiger partial charge in [0, 0.05) is 18.9 Å². The first-order chi connectivity index (χ1) is 9.92. The molecule has 1 aliphatic heterocycles. The molecule has 0 saturated carbocycles. The summed E-state index contributed by atoms with van der Waals surface area (Å²) in [7, 11) is 0. The van der Waals surface area contributed by atoms with Crippen molar-refractivity contribution in [3.8, 4) is 0 Å². The molecule has 3 N–H and O–H groups in total.